The molecule has 0 aliphatic heterocycles. The first-order valence-electron chi connectivity index (χ1n) is 9.17. The highest BCUT2D eigenvalue weighted by atomic mass is 16.5. The van der Waals surface area contributed by atoms with E-state index in [-0.39, 0.29) is 6.61 Å². The molecule has 1 rings (SSSR count). The van der Waals surface area contributed by atoms with E-state index in [0.29, 0.717) is 0 Å². The van der Waals surface area contributed by atoms with E-state index < -0.39 is 54.5 Å². The number of rotatable bonds is 10. The third kappa shape index (κ3) is 9.04. The summed E-state index contributed by atoms with van der Waals surface area (Å²) in [4.78, 5) is 58.2. The molecule has 164 valence electrons. The summed E-state index contributed by atoms with van der Waals surface area (Å²) in [6, 6.07) is 6.03. The Bertz CT molecular complexity index is 769. The molecule has 0 spiro atoms. The van der Waals surface area contributed by atoms with Gasteiger partial charge >= 0.3 is 12.1 Å². The van der Waals surface area contributed by atoms with Gasteiger partial charge in [-0.3, -0.25) is 19.2 Å². The summed E-state index contributed by atoms with van der Waals surface area (Å²) in [5.41, 5.74) is 0.788. The smallest absolute Gasteiger partial charge is 0.408 e. The molecule has 30 heavy (non-hydrogen) atoms. The van der Waals surface area contributed by atoms with Crippen LogP contribution in [0.5, 0.6) is 0 Å². The van der Waals surface area contributed by atoms with Crippen molar-refractivity contribution in [2.45, 2.75) is 45.5 Å². The number of benzene rings is 1. The molecule has 0 heterocycles. The third-order valence-corrected chi connectivity index (χ3v) is 3.86. The van der Waals surface area contributed by atoms with Gasteiger partial charge in [0.2, 0.25) is 17.7 Å². The fraction of sp³-hybridized carbons (Fsp3) is 0.421. The van der Waals surface area contributed by atoms with Crippen LogP contribution in [0.25, 0.3) is 0 Å². The Hall–Kier alpha value is -3.63. The van der Waals surface area contributed by atoms with Crippen LogP contribution in [-0.4, -0.2) is 59.6 Å². The first-order chi connectivity index (χ1) is 14.1. The molecule has 1 aromatic carbocycles. The van der Waals surface area contributed by atoms with E-state index in [4.69, 9.17) is 9.84 Å². The van der Waals surface area contributed by atoms with Crippen LogP contribution in [0.3, 0.4) is 0 Å². The van der Waals surface area contributed by atoms with Crippen molar-refractivity contribution in [1.29, 1.82) is 0 Å². The molecule has 11 nitrogen and oxygen atoms in total. The first-order valence-corrected chi connectivity index (χ1v) is 9.17. The predicted molar refractivity (Wildman–Crippen MR) is 105 cm³/mol. The van der Waals surface area contributed by atoms with Crippen molar-refractivity contribution < 1.29 is 33.8 Å². The predicted octanol–water partition coefficient (Wildman–Crippen LogP) is -0.488. The lowest BCUT2D eigenvalue weighted by atomic mass is 10.2. The summed E-state index contributed by atoms with van der Waals surface area (Å²) in [5.74, 6) is -3.18. The Morgan fingerprint density at radius 2 is 1.33 bits per heavy atom. The number of aliphatic carboxylic acids is 1. The van der Waals surface area contributed by atoms with Gasteiger partial charge in [0.25, 0.3) is 0 Å². The van der Waals surface area contributed by atoms with Crippen LogP contribution in [0.1, 0.15) is 26.3 Å². The lowest BCUT2D eigenvalue weighted by molar-refractivity contribution is -0.138. The van der Waals surface area contributed by atoms with Crippen molar-refractivity contribution in [3.63, 3.8) is 0 Å². The minimum atomic E-state index is -1.22. The molecule has 0 aromatic heterocycles. The zero-order valence-corrected chi connectivity index (χ0v) is 16.9. The van der Waals surface area contributed by atoms with Gasteiger partial charge < -0.3 is 31.1 Å². The van der Waals surface area contributed by atoms with E-state index in [2.05, 4.69) is 21.3 Å². The van der Waals surface area contributed by atoms with Gasteiger partial charge in [0, 0.05) is 0 Å². The molecular formula is C19H26N4O7. The van der Waals surface area contributed by atoms with Gasteiger partial charge in [-0.1, -0.05) is 30.3 Å². The van der Waals surface area contributed by atoms with Crippen LogP contribution >= 0.6 is 0 Å². The van der Waals surface area contributed by atoms with E-state index in [1.54, 1.807) is 24.3 Å². The highest BCUT2D eigenvalue weighted by Crippen LogP contribution is 2.01. The second-order valence-electron chi connectivity index (χ2n) is 6.50. The molecule has 0 aliphatic rings. The molecule has 0 unspecified atom stereocenters. The van der Waals surface area contributed by atoms with Crippen LogP contribution < -0.4 is 21.3 Å². The second-order valence-corrected chi connectivity index (χ2v) is 6.50. The SMILES string of the molecule is C[C@H](NC(=O)OCc1ccccc1)C(=O)N[C@@H](C)C(=O)N[C@@H](C)C(=O)NCC(=O)O. The van der Waals surface area contributed by atoms with Crippen molar-refractivity contribution >= 4 is 29.8 Å². The van der Waals surface area contributed by atoms with Gasteiger partial charge in [0.05, 0.1) is 0 Å². The van der Waals surface area contributed by atoms with Gasteiger partial charge in [0.1, 0.15) is 31.3 Å². The number of amides is 4. The number of ether oxygens (including phenoxy) is 1. The summed E-state index contributed by atoms with van der Waals surface area (Å²) in [5, 5.41) is 17.8. The highest BCUT2D eigenvalue weighted by molar-refractivity contribution is 5.93. The zero-order valence-electron chi connectivity index (χ0n) is 16.9. The zero-order chi connectivity index (χ0) is 22.7. The van der Waals surface area contributed by atoms with Crippen LogP contribution in [0, 0.1) is 0 Å². The Labute approximate surface area is 173 Å². The van der Waals surface area contributed by atoms with E-state index in [9.17, 15) is 24.0 Å². The molecule has 0 saturated carbocycles. The Morgan fingerprint density at radius 3 is 1.87 bits per heavy atom. The fourth-order valence-corrected chi connectivity index (χ4v) is 2.13. The number of alkyl carbamates (subject to hydrolysis) is 1. The molecule has 4 amide bonds. The maximum atomic E-state index is 12.2. The average molecular weight is 422 g/mol. The molecule has 1 aromatic rings. The number of hydrogen-bond donors (Lipinski definition) is 5. The lowest BCUT2D eigenvalue weighted by Crippen LogP contribution is -2.54. The van der Waals surface area contributed by atoms with E-state index in [1.807, 2.05) is 6.07 Å². The van der Waals surface area contributed by atoms with Crippen molar-refractivity contribution in [2.24, 2.45) is 0 Å². The van der Waals surface area contributed by atoms with E-state index in [1.165, 1.54) is 20.8 Å². The summed E-state index contributed by atoms with van der Waals surface area (Å²) in [6.07, 6.45) is -0.790. The normalized spacial score (nSPS) is 13.2. The number of carboxylic acid groups (broad SMARTS) is 1. The summed E-state index contributed by atoms with van der Waals surface area (Å²) in [7, 11) is 0. The number of carbonyl (C=O) groups is 5. The van der Waals surface area contributed by atoms with Crippen LogP contribution in [0.15, 0.2) is 30.3 Å². The van der Waals surface area contributed by atoms with Crippen molar-refractivity contribution in [3.8, 4) is 0 Å². The summed E-state index contributed by atoms with van der Waals surface area (Å²) in [6.45, 7) is 3.66. The number of hydrogen-bond acceptors (Lipinski definition) is 6. The Morgan fingerprint density at radius 1 is 0.833 bits per heavy atom. The van der Waals surface area contributed by atoms with Crippen molar-refractivity contribution in [3.05, 3.63) is 35.9 Å². The lowest BCUT2D eigenvalue weighted by Gasteiger charge is -2.20. The molecule has 0 saturated heterocycles. The largest absolute Gasteiger partial charge is 0.480 e. The Kier molecular flexibility index (Phi) is 9.80. The molecular weight excluding hydrogens is 396 g/mol. The molecule has 3 atom stereocenters. The van der Waals surface area contributed by atoms with Crippen molar-refractivity contribution in [2.75, 3.05) is 6.54 Å². The van der Waals surface area contributed by atoms with Gasteiger partial charge in [-0.25, -0.2) is 4.79 Å². The standard InChI is InChI=1S/C19H26N4O7/c1-11(16(26)20-9-15(24)25)21-17(27)12(2)22-18(28)13(3)23-19(29)30-10-14-7-5-4-6-8-14/h4-8,11-13H,9-10H2,1-3H3,(H,20,26)(H,21,27)(H,22,28)(H,23,29)(H,24,25)/t11-,12-,13-/m0/s1. The number of carbonyl (C=O) groups excluding carboxylic acids is 4. The van der Waals surface area contributed by atoms with Gasteiger partial charge in [-0.15, -0.1) is 0 Å². The van der Waals surface area contributed by atoms with Crippen LogP contribution in [0.4, 0.5) is 4.79 Å². The van der Waals surface area contributed by atoms with E-state index >= 15 is 0 Å². The first kappa shape index (κ1) is 24.4. The molecule has 0 aliphatic carbocycles. The molecule has 0 fully saturated rings. The maximum absolute atomic E-state index is 12.2. The van der Waals surface area contributed by atoms with Crippen LogP contribution in [0.2, 0.25) is 0 Å². The maximum Gasteiger partial charge on any atom is 0.408 e. The monoisotopic (exact) mass is 422 g/mol. The van der Waals surface area contributed by atoms with E-state index in [0.717, 1.165) is 5.56 Å². The van der Waals surface area contributed by atoms with Crippen molar-refractivity contribution in [1.82, 2.24) is 21.3 Å². The topological polar surface area (TPSA) is 163 Å². The molecule has 5 N–H and O–H groups in total. The average Bonchev–Trinajstić information content (AvgIpc) is 2.70. The summed E-state index contributed by atoms with van der Waals surface area (Å²) >= 11 is 0. The molecule has 0 bridgehead atoms. The molecule has 11 heteroatoms. The number of nitrogens with one attached hydrogen (secondary N) is 4. The van der Waals surface area contributed by atoms with Gasteiger partial charge in [-0.05, 0) is 26.3 Å². The third-order valence-electron chi connectivity index (χ3n) is 3.86. The highest BCUT2D eigenvalue weighted by Gasteiger charge is 2.24. The van der Waals surface area contributed by atoms with Gasteiger partial charge in [0.15, 0.2) is 0 Å². The van der Waals surface area contributed by atoms with Gasteiger partial charge in [-0.2, -0.15) is 0 Å². The molecule has 0 radical (unpaired) electrons. The van der Waals surface area contributed by atoms with Crippen LogP contribution in [-0.2, 0) is 30.5 Å². The Balaban J connectivity index is 2.40. The minimum Gasteiger partial charge on any atom is -0.480 e. The minimum absolute atomic E-state index is 0.0433. The summed E-state index contributed by atoms with van der Waals surface area (Å²) < 4.78 is 5.02. The quantitative estimate of drug-likeness (QED) is 0.340. The fourth-order valence-electron chi connectivity index (χ4n) is 2.13. The number of carboxylic acids is 1. The second kappa shape index (κ2) is 12.0.